The van der Waals surface area contributed by atoms with Crippen molar-refractivity contribution in [3.8, 4) is 5.88 Å². The number of nitrogens with two attached hydrogens (primary N) is 1. The first-order valence-electron chi connectivity index (χ1n) is 5.06. The molecule has 0 aliphatic carbocycles. The van der Waals surface area contributed by atoms with Crippen LogP contribution in [-0.4, -0.2) is 21.6 Å². The maximum absolute atomic E-state index is 12.0. The molecule has 0 radical (unpaired) electrons. The molecule has 1 aromatic carbocycles. The number of hydrogen-bond acceptors (Lipinski definition) is 4. The number of nitrogens with zero attached hydrogens (tertiary/aromatic N) is 1. The standard InChI is InChI=1S/C10H9N2O3P/c11-2-1-4-7-5(12(14)10(4)13)3-6-8-9(7)16(6,8)15/h3,13-14H,1-2,11H2. The summed E-state index contributed by atoms with van der Waals surface area (Å²) in [5, 5.41) is 22.9. The molecule has 2 aromatic rings. The van der Waals surface area contributed by atoms with Gasteiger partial charge >= 0.3 is 0 Å². The normalized spacial score (nSPS) is 23.6. The van der Waals surface area contributed by atoms with E-state index in [1.807, 2.05) is 0 Å². The third kappa shape index (κ3) is 0.630. The predicted octanol–water partition coefficient (Wildman–Crippen LogP) is -0.648. The van der Waals surface area contributed by atoms with E-state index in [9.17, 15) is 14.9 Å². The lowest BCUT2D eigenvalue weighted by Gasteiger charge is -1.99. The zero-order valence-corrected chi connectivity index (χ0v) is 9.16. The molecule has 3 aliphatic heterocycles. The first kappa shape index (κ1) is 8.67. The minimum absolute atomic E-state index is 0.180. The van der Waals surface area contributed by atoms with Gasteiger partial charge in [0.1, 0.15) is 0 Å². The molecule has 3 aliphatic rings. The van der Waals surface area contributed by atoms with Crippen molar-refractivity contribution in [3.05, 3.63) is 11.6 Å². The summed E-state index contributed by atoms with van der Waals surface area (Å²) >= 11 is 0. The van der Waals surface area contributed by atoms with Crippen LogP contribution in [0.2, 0.25) is 0 Å². The number of hydrogen-bond donors (Lipinski definition) is 3. The molecule has 82 valence electrons. The summed E-state index contributed by atoms with van der Waals surface area (Å²) in [5.74, 6) is -0.180. The highest BCUT2D eigenvalue weighted by atomic mass is 31.2. The number of aromatic nitrogens is 1. The second-order valence-corrected chi connectivity index (χ2v) is 6.84. The third-order valence-electron chi connectivity index (χ3n) is 3.50. The lowest BCUT2D eigenvalue weighted by Crippen LogP contribution is -2.11. The van der Waals surface area contributed by atoms with Crippen molar-refractivity contribution < 1.29 is 14.9 Å². The summed E-state index contributed by atoms with van der Waals surface area (Å²) in [4.78, 5) is 0. The van der Waals surface area contributed by atoms with Gasteiger partial charge in [-0.25, -0.2) is 0 Å². The predicted molar refractivity (Wildman–Crippen MR) is 60.1 cm³/mol. The Kier molecular flexibility index (Phi) is 1.16. The highest BCUT2D eigenvalue weighted by Gasteiger charge is 2.68. The molecule has 16 heavy (non-hydrogen) atoms. The van der Waals surface area contributed by atoms with E-state index in [4.69, 9.17) is 5.73 Å². The average molecular weight is 236 g/mol. The molecule has 1 atom stereocenters. The topological polar surface area (TPSA) is 88.5 Å². The van der Waals surface area contributed by atoms with Gasteiger partial charge in [0.2, 0.25) is 5.88 Å². The molecule has 4 heterocycles. The van der Waals surface area contributed by atoms with Gasteiger partial charge in [0.25, 0.3) is 0 Å². The molecule has 2 bridgehead atoms. The van der Waals surface area contributed by atoms with E-state index < -0.39 is 7.14 Å². The van der Waals surface area contributed by atoms with Crippen LogP contribution in [0.4, 0.5) is 0 Å². The number of benzene rings is 1. The molecule has 0 amide bonds. The van der Waals surface area contributed by atoms with Crippen molar-refractivity contribution in [2.45, 2.75) is 6.42 Å². The largest absolute Gasteiger partial charge is 0.492 e. The Labute approximate surface area is 90.4 Å². The highest BCUT2D eigenvalue weighted by molar-refractivity contribution is 8.06. The van der Waals surface area contributed by atoms with E-state index in [1.54, 1.807) is 6.07 Å². The fraction of sp³-hybridized carbons (Fsp3) is 0.200. The van der Waals surface area contributed by atoms with E-state index >= 15 is 0 Å². The molecule has 0 saturated carbocycles. The molecule has 0 saturated heterocycles. The van der Waals surface area contributed by atoms with E-state index in [0.29, 0.717) is 24.0 Å². The summed E-state index contributed by atoms with van der Waals surface area (Å²) in [7, 11) is -2.21. The minimum atomic E-state index is -2.21. The van der Waals surface area contributed by atoms with Crippen molar-refractivity contribution in [3.63, 3.8) is 0 Å². The molecular weight excluding hydrogens is 227 g/mol. The Hall–Kier alpha value is -1.45. The van der Waals surface area contributed by atoms with Gasteiger partial charge in [-0.05, 0) is 19.0 Å². The maximum Gasteiger partial charge on any atom is 0.229 e. The average Bonchev–Trinajstić information content (AvgIpc) is 3.07. The Morgan fingerprint density at radius 2 is 2.12 bits per heavy atom. The molecular formula is C10H9N2O3P. The third-order valence-corrected chi connectivity index (χ3v) is 6.25. The maximum atomic E-state index is 12.0. The van der Waals surface area contributed by atoms with Crippen LogP contribution in [-0.2, 0) is 11.0 Å². The van der Waals surface area contributed by atoms with E-state index in [2.05, 4.69) is 0 Å². The van der Waals surface area contributed by atoms with Crippen molar-refractivity contribution >= 4 is 34.0 Å². The van der Waals surface area contributed by atoms with Gasteiger partial charge in [-0.3, -0.25) is 0 Å². The van der Waals surface area contributed by atoms with Gasteiger partial charge in [-0.1, -0.05) is 0 Å². The monoisotopic (exact) mass is 236 g/mol. The van der Waals surface area contributed by atoms with Gasteiger partial charge in [0, 0.05) is 26.9 Å². The summed E-state index contributed by atoms with van der Waals surface area (Å²) in [6, 6.07) is 1.71. The Balaban J connectivity index is 2.15. The zero-order chi connectivity index (χ0) is 11.2. The number of aromatic hydroxyl groups is 1. The van der Waals surface area contributed by atoms with Crippen molar-refractivity contribution in [1.82, 2.24) is 4.73 Å². The quantitative estimate of drug-likeness (QED) is 0.319. The summed E-state index contributed by atoms with van der Waals surface area (Å²) in [6.07, 6.45) is 0.474. The lowest BCUT2D eigenvalue weighted by atomic mass is 10.1. The van der Waals surface area contributed by atoms with Gasteiger partial charge < -0.3 is 20.6 Å². The van der Waals surface area contributed by atoms with Gasteiger partial charge in [-0.15, -0.1) is 0 Å². The Morgan fingerprint density at radius 1 is 1.44 bits per heavy atom. The Morgan fingerprint density at radius 3 is 2.75 bits per heavy atom. The summed E-state index contributed by atoms with van der Waals surface area (Å²) < 4.78 is 12.8. The first-order chi connectivity index (χ1) is 7.62. The van der Waals surface area contributed by atoms with Gasteiger partial charge in [0.15, 0.2) is 7.14 Å². The first-order valence-corrected chi connectivity index (χ1v) is 6.77. The fourth-order valence-electron chi connectivity index (χ4n) is 2.62. The van der Waals surface area contributed by atoms with E-state index in [-0.39, 0.29) is 5.88 Å². The van der Waals surface area contributed by atoms with Crippen molar-refractivity contribution in [2.24, 2.45) is 5.73 Å². The van der Waals surface area contributed by atoms with Crippen LogP contribution >= 0.6 is 7.14 Å². The van der Waals surface area contributed by atoms with E-state index in [1.165, 1.54) is 0 Å². The smallest absolute Gasteiger partial charge is 0.229 e. The minimum Gasteiger partial charge on any atom is -0.492 e. The van der Waals surface area contributed by atoms with Crippen LogP contribution in [0.25, 0.3) is 10.9 Å². The second kappa shape index (κ2) is 2.14. The molecule has 5 rings (SSSR count). The summed E-state index contributed by atoms with van der Waals surface area (Å²) in [5.41, 5.74) is 6.62. The molecule has 0 fully saturated rings. The molecule has 6 heteroatoms. The lowest BCUT2D eigenvalue weighted by molar-refractivity contribution is 0.166. The van der Waals surface area contributed by atoms with Crippen LogP contribution in [0, 0.1) is 0 Å². The van der Waals surface area contributed by atoms with Crippen LogP contribution in [0.15, 0.2) is 6.07 Å². The SMILES string of the molecule is NCCc1c(O)n(O)c2cc3c4c(c12)P34=O. The van der Waals surface area contributed by atoms with Crippen LogP contribution < -0.4 is 21.6 Å². The van der Waals surface area contributed by atoms with Crippen molar-refractivity contribution in [2.75, 3.05) is 6.54 Å². The van der Waals surface area contributed by atoms with Crippen LogP contribution in [0.1, 0.15) is 5.56 Å². The van der Waals surface area contributed by atoms with Gasteiger partial charge in [-0.2, -0.15) is 4.73 Å². The van der Waals surface area contributed by atoms with Crippen molar-refractivity contribution in [1.29, 1.82) is 0 Å². The molecule has 4 N–H and O–H groups in total. The Bertz CT molecular complexity index is 732. The van der Waals surface area contributed by atoms with E-state index in [0.717, 1.165) is 26.0 Å². The summed E-state index contributed by atoms with van der Waals surface area (Å²) in [6.45, 7) is 0.382. The van der Waals surface area contributed by atoms with Crippen LogP contribution in [0.5, 0.6) is 5.88 Å². The highest BCUT2D eigenvalue weighted by Crippen LogP contribution is 2.68. The molecule has 0 spiro atoms. The molecule has 5 nitrogen and oxygen atoms in total. The zero-order valence-electron chi connectivity index (χ0n) is 8.27. The molecule has 1 aromatic heterocycles. The van der Waals surface area contributed by atoms with Crippen LogP contribution in [0.3, 0.4) is 0 Å². The molecule has 1 unspecified atom stereocenters. The van der Waals surface area contributed by atoms with Gasteiger partial charge in [0.05, 0.1) is 5.52 Å². The fourth-order valence-corrected chi connectivity index (χ4v) is 5.48. The second-order valence-electron chi connectivity index (χ2n) is 4.25. The number of rotatable bonds is 2.